The first-order chi connectivity index (χ1) is 14.0. The van der Waals surface area contributed by atoms with Crippen LogP contribution in [0.3, 0.4) is 0 Å². The minimum Gasteiger partial charge on any atom is -0.376 e. The number of rotatable bonds is 8. The van der Waals surface area contributed by atoms with Gasteiger partial charge in [0.1, 0.15) is 0 Å². The van der Waals surface area contributed by atoms with E-state index in [9.17, 15) is 8.42 Å². The molecule has 1 fully saturated rings. The normalized spacial score (nSPS) is 17.8. The fourth-order valence-electron chi connectivity index (χ4n) is 3.26. The molecule has 9 nitrogen and oxygen atoms in total. The fraction of sp³-hybridized carbons (Fsp3) is 0.421. The summed E-state index contributed by atoms with van der Waals surface area (Å²) in [4.78, 5) is 8.40. The van der Waals surface area contributed by atoms with Crippen molar-refractivity contribution in [2.24, 2.45) is 7.05 Å². The van der Waals surface area contributed by atoms with Crippen LogP contribution in [0.25, 0.3) is 0 Å². The topological polar surface area (TPSA) is 103 Å². The van der Waals surface area contributed by atoms with Crippen LogP contribution in [0, 0.1) is 0 Å². The molecule has 0 spiro atoms. The quantitative estimate of drug-likeness (QED) is 0.514. The van der Waals surface area contributed by atoms with Crippen molar-refractivity contribution in [3.05, 3.63) is 60.1 Å². The summed E-state index contributed by atoms with van der Waals surface area (Å²) < 4.78 is 39.4. The Morgan fingerprint density at radius 2 is 2.10 bits per heavy atom. The van der Waals surface area contributed by atoms with Gasteiger partial charge in [0.2, 0.25) is 5.89 Å². The molecule has 10 heteroatoms. The summed E-state index contributed by atoms with van der Waals surface area (Å²) >= 11 is 0. The van der Waals surface area contributed by atoms with E-state index in [2.05, 4.69) is 15.1 Å². The number of ether oxygens (including phenoxy) is 1. The Bertz CT molecular complexity index is 1050. The molecule has 1 aromatic carbocycles. The van der Waals surface area contributed by atoms with E-state index >= 15 is 0 Å². The Labute approximate surface area is 169 Å². The average molecular weight is 417 g/mol. The van der Waals surface area contributed by atoms with Gasteiger partial charge in [-0.25, -0.2) is 13.4 Å². The molecule has 1 atom stereocenters. The Balaban J connectivity index is 1.30. The third-order valence-electron chi connectivity index (χ3n) is 4.85. The summed E-state index contributed by atoms with van der Waals surface area (Å²) in [7, 11) is -1.87. The van der Waals surface area contributed by atoms with Gasteiger partial charge in [0.05, 0.1) is 25.5 Å². The average Bonchev–Trinajstić information content (AvgIpc) is 3.46. The molecule has 2 aromatic heterocycles. The summed E-state index contributed by atoms with van der Waals surface area (Å²) in [6, 6.07) is 9.94. The molecule has 3 heterocycles. The highest BCUT2D eigenvalue weighted by molar-refractivity contribution is 7.89. The van der Waals surface area contributed by atoms with Crippen molar-refractivity contribution >= 4 is 10.0 Å². The monoisotopic (exact) mass is 417 g/mol. The highest BCUT2D eigenvalue weighted by Crippen LogP contribution is 2.29. The van der Waals surface area contributed by atoms with Gasteiger partial charge in [0.25, 0.3) is 10.0 Å². The summed E-state index contributed by atoms with van der Waals surface area (Å²) in [5.74, 6) is 0.931. The molecule has 0 amide bonds. The van der Waals surface area contributed by atoms with Gasteiger partial charge in [-0.05, 0) is 12.0 Å². The summed E-state index contributed by atoms with van der Waals surface area (Å²) in [5.41, 5.74) is 1.11. The van der Waals surface area contributed by atoms with Crippen molar-refractivity contribution in [2.75, 3.05) is 19.7 Å². The van der Waals surface area contributed by atoms with E-state index < -0.39 is 10.0 Å². The number of imidazole rings is 1. The fourth-order valence-corrected chi connectivity index (χ4v) is 4.73. The van der Waals surface area contributed by atoms with Gasteiger partial charge in [-0.3, -0.25) is 0 Å². The highest BCUT2D eigenvalue weighted by atomic mass is 32.2. The Morgan fingerprint density at radius 3 is 2.86 bits per heavy atom. The van der Waals surface area contributed by atoms with Gasteiger partial charge in [0.15, 0.2) is 10.9 Å². The van der Waals surface area contributed by atoms with Crippen molar-refractivity contribution in [1.29, 1.82) is 0 Å². The van der Waals surface area contributed by atoms with Gasteiger partial charge in [-0.2, -0.15) is 9.29 Å². The maximum atomic E-state index is 12.7. The van der Waals surface area contributed by atoms with Crippen LogP contribution < -0.4 is 0 Å². The number of aromatic nitrogens is 4. The predicted molar refractivity (Wildman–Crippen MR) is 103 cm³/mol. The van der Waals surface area contributed by atoms with Crippen LogP contribution in [0.5, 0.6) is 0 Å². The smallest absolute Gasteiger partial charge is 0.262 e. The number of sulfonamides is 1. The lowest BCUT2D eigenvalue weighted by atomic mass is 10.1. The van der Waals surface area contributed by atoms with Crippen molar-refractivity contribution in [1.82, 2.24) is 24.0 Å². The Hall–Kier alpha value is -2.56. The molecule has 29 heavy (non-hydrogen) atoms. The molecule has 154 valence electrons. The minimum absolute atomic E-state index is 0.0578. The van der Waals surface area contributed by atoms with Crippen molar-refractivity contribution < 1.29 is 17.7 Å². The SMILES string of the molecule is Cn1cnc(S(=O)(=O)N2CCC(c3nc(CCOCc4ccccc4)no3)C2)c1. The zero-order valence-electron chi connectivity index (χ0n) is 16.1. The Kier molecular flexibility index (Phi) is 5.74. The third-order valence-corrected chi connectivity index (χ3v) is 6.60. The van der Waals surface area contributed by atoms with Crippen LogP contribution in [0.1, 0.15) is 29.6 Å². The van der Waals surface area contributed by atoms with Gasteiger partial charge in [-0.1, -0.05) is 35.5 Å². The molecule has 0 radical (unpaired) electrons. The third kappa shape index (κ3) is 4.55. The maximum absolute atomic E-state index is 12.7. The Morgan fingerprint density at radius 1 is 1.28 bits per heavy atom. The molecule has 1 saturated heterocycles. The molecule has 0 saturated carbocycles. The molecule has 0 aliphatic carbocycles. The second-order valence-electron chi connectivity index (χ2n) is 7.06. The first kappa shape index (κ1) is 19.7. The van der Waals surface area contributed by atoms with Crippen LogP contribution in [0.4, 0.5) is 0 Å². The van der Waals surface area contributed by atoms with Gasteiger partial charge in [-0.15, -0.1) is 0 Å². The van der Waals surface area contributed by atoms with Gasteiger partial charge >= 0.3 is 0 Å². The zero-order chi connectivity index (χ0) is 20.3. The van der Waals surface area contributed by atoms with Crippen LogP contribution in [-0.4, -0.2) is 52.1 Å². The van der Waals surface area contributed by atoms with Crippen LogP contribution >= 0.6 is 0 Å². The second kappa shape index (κ2) is 8.44. The predicted octanol–water partition coefficient (Wildman–Crippen LogP) is 1.74. The van der Waals surface area contributed by atoms with Crippen LogP contribution in [-0.2, 0) is 34.8 Å². The molecular weight excluding hydrogens is 394 g/mol. The molecular formula is C19H23N5O4S. The van der Waals surface area contributed by atoms with Crippen molar-refractivity contribution in [3.63, 3.8) is 0 Å². The molecule has 1 aliphatic rings. The summed E-state index contributed by atoms with van der Waals surface area (Å²) in [6.45, 7) is 1.74. The van der Waals surface area contributed by atoms with E-state index in [1.54, 1.807) is 11.6 Å². The first-order valence-corrected chi connectivity index (χ1v) is 10.9. The van der Waals surface area contributed by atoms with Crippen molar-refractivity contribution in [3.8, 4) is 0 Å². The minimum atomic E-state index is -3.60. The second-order valence-corrected chi connectivity index (χ2v) is 8.95. The van der Waals surface area contributed by atoms with E-state index in [1.807, 2.05) is 30.3 Å². The number of hydrogen-bond acceptors (Lipinski definition) is 7. The lowest BCUT2D eigenvalue weighted by molar-refractivity contribution is 0.122. The summed E-state index contributed by atoms with van der Waals surface area (Å²) in [6.07, 6.45) is 4.16. The van der Waals surface area contributed by atoms with E-state index in [1.165, 1.54) is 16.8 Å². The zero-order valence-corrected chi connectivity index (χ0v) is 17.0. The number of hydrogen-bond donors (Lipinski definition) is 0. The highest BCUT2D eigenvalue weighted by Gasteiger charge is 2.36. The lowest BCUT2D eigenvalue weighted by Crippen LogP contribution is -2.29. The van der Waals surface area contributed by atoms with Crippen molar-refractivity contribution in [2.45, 2.75) is 30.4 Å². The standard InChI is InChI=1S/C19H23N5O4S/c1-23-12-18(20-14-23)29(25,26)24-9-7-16(11-24)19-21-17(22-28-19)8-10-27-13-15-5-3-2-4-6-15/h2-6,12,14,16H,7-11,13H2,1H3. The van der Waals surface area contributed by atoms with Gasteiger partial charge < -0.3 is 13.8 Å². The number of nitrogens with zero attached hydrogens (tertiary/aromatic N) is 5. The van der Waals surface area contributed by atoms with E-state index in [0.29, 0.717) is 50.9 Å². The van der Waals surface area contributed by atoms with Gasteiger partial charge in [0, 0.05) is 32.8 Å². The molecule has 1 aliphatic heterocycles. The van der Waals surface area contributed by atoms with Crippen LogP contribution in [0.2, 0.25) is 0 Å². The number of aryl methyl sites for hydroxylation is 1. The molecule has 0 bridgehead atoms. The van der Waals surface area contributed by atoms with E-state index in [0.717, 1.165) is 5.56 Å². The first-order valence-electron chi connectivity index (χ1n) is 9.44. The maximum Gasteiger partial charge on any atom is 0.262 e. The lowest BCUT2D eigenvalue weighted by Gasteiger charge is -2.13. The summed E-state index contributed by atoms with van der Waals surface area (Å²) in [5, 5.41) is 4.06. The van der Waals surface area contributed by atoms with Crippen LogP contribution in [0.15, 0.2) is 52.4 Å². The van der Waals surface area contributed by atoms with E-state index in [4.69, 9.17) is 9.26 Å². The largest absolute Gasteiger partial charge is 0.376 e. The molecule has 0 N–H and O–H groups in total. The van der Waals surface area contributed by atoms with E-state index in [-0.39, 0.29) is 10.9 Å². The molecule has 3 aromatic rings. The number of benzene rings is 1. The molecule has 4 rings (SSSR count). The molecule has 1 unspecified atom stereocenters.